The van der Waals surface area contributed by atoms with Gasteiger partial charge >= 0.3 is 5.97 Å². The van der Waals surface area contributed by atoms with Gasteiger partial charge in [0.25, 0.3) is 0 Å². The van der Waals surface area contributed by atoms with Gasteiger partial charge in [-0.2, -0.15) is 0 Å². The third-order valence-corrected chi connectivity index (χ3v) is 9.86. The Balaban J connectivity index is 1.76. The molecule has 3 aromatic rings. The van der Waals surface area contributed by atoms with Gasteiger partial charge in [0.1, 0.15) is 29.1 Å². The molecule has 13 N–H and O–H groups in total. The first-order valence-corrected chi connectivity index (χ1v) is 18.2. The van der Waals surface area contributed by atoms with Gasteiger partial charge in [-0.25, -0.2) is 0 Å². The number of aromatic hydroxyl groups is 1. The fourth-order valence-electron chi connectivity index (χ4n) is 5.67. The first kappa shape index (κ1) is 41.8. The Hall–Kier alpha value is -5.92. The number of nitrogens with one attached hydrogen (secondary N) is 5. The molecule has 55 heavy (non-hydrogen) atoms. The van der Waals surface area contributed by atoms with E-state index in [1.807, 2.05) is 24.3 Å². The number of aliphatic hydroxyl groups excluding tert-OH is 1. The molecule has 0 bridgehead atoms. The number of guanidine groups is 1. The molecule has 0 spiro atoms. The molecule has 294 valence electrons. The third-order valence-electron chi connectivity index (χ3n) is 8.49. The molecule has 1 aliphatic rings. The minimum atomic E-state index is -2.18. The van der Waals surface area contributed by atoms with E-state index in [1.165, 1.54) is 12.1 Å². The van der Waals surface area contributed by atoms with Crippen molar-refractivity contribution in [3.8, 4) is 5.75 Å². The van der Waals surface area contributed by atoms with Crippen LogP contribution in [0.5, 0.6) is 5.75 Å². The van der Waals surface area contributed by atoms with Gasteiger partial charge in [-0.3, -0.25) is 33.8 Å². The highest BCUT2D eigenvalue weighted by Crippen LogP contribution is 2.32. The second kappa shape index (κ2) is 20.0. The van der Waals surface area contributed by atoms with Crippen LogP contribution in [0.4, 0.5) is 0 Å². The Bertz CT molecular complexity index is 1890. The minimum absolute atomic E-state index is 0.0136. The van der Waals surface area contributed by atoms with Crippen molar-refractivity contribution in [2.45, 2.75) is 61.4 Å². The molecule has 5 unspecified atom stereocenters. The summed E-state index contributed by atoms with van der Waals surface area (Å²) in [4.78, 5) is 83.5. The molecule has 5 atom stereocenters. The number of aliphatic carboxylic acids is 1. The number of carboxylic acids is 1. The van der Waals surface area contributed by atoms with E-state index in [0.717, 1.165) is 22.5 Å². The first-order valence-electron chi connectivity index (χ1n) is 17.2. The lowest BCUT2D eigenvalue weighted by Gasteiger charge is -2.28. The molecule has 4 rings (SSSR count). The van der Waals surface area contributed by atoms with Gasteiger partial charge < -0.3 is 58.5 Å². The van der Waals surface area contributed by atoms with E-state index < -0.39 is 84.2 Å². The monoisotopic (exact) mass is 780 g/mol. The summed E-state index contributed by atoms with van der Waals surface area (Å²) in [5.74, 6) is -6.26. The predicted octanol–water partition coefficient (Wildman–Crippen LogP) is -1.53. The molecule has 1 aliphatic heterocycles. The molecule has 1 heterocycles. The Kier molecular flexibility index (Phi) is 15.2. The van der Waals surface area contributed by atoms with Crippen LogP contribution in [-0.4, -0.2) is 111 Å². The average Bonchev–Trinajstić information content (AvgIpc) is 3.14. The summed E-state index contributed by atoms with van der Waals surface area (Å²) in [5, 5.41) is 52.7. The van der Waals surface area contributed by atoms with Crippen molar-refractivity contribution >= 4 is 64.0 Å². The van der Waals surface area contributed by atoms with Gasteiger partial charge in [-0.1, -0.05) is 48.5 Å². The fourth-order valence-corrected chi connectivity index (χ4v) is 6.88. The number of thioether (sulfide) groups is 1. The number of aliphatic hydroxyl groups is 2. The molecular weight excluding hydrogens is 737 g/mol. The number of hydrogen-bond acceptors (Lipinski definition) is 11. The van der Waals surface area contributed by atoms with E-state index in [1.54, 1.807) is 30.3 Å². The SMILES string of the molecule is NC(N)=NCCCC1NC(=O)C(Cc2ccc(O)cc2)NC(=O)C(c2ccc3ccccc3c2)SCC(C(O)O)NC(=O)C(CC(=O)O)NC(=O)CNC1=O. The van der Waals surface area contributed by atoms with Crippen molar-refractivity contribution in [2.75, 3.05) is 18.8 Å². The van der Waals surface area contributed by atoms with Crippen molar-refractivity contribution in [3.63, 3.8) is 0 Å². The van der Waals surface area contributed by atoms with Gasteiger partial charge in [0.15, 0.2) is 12.2 Å². The highest BCUT2D eigenvalue weighted by Gasteiger charge is 2.33. The van der Waals surface area contributed by atoms with Crippen molar-refractivity contribution in [1.82, 2.24) is 26.6 Å². The number of carboxylic acid groups (broad SMARTS) is 1. The number of hydrogen-bond donors (Lipinski definition) is 11. The summed E-state index contributed by atoms with van der Waals surface area (Å²) >= 11 is 0.905. The molecule has 0 aliphatic carbocycles. The van der Waals surface area contributed by atoms with Gasteiger partial charge in [0, 0.05) is 18.7 Å². The number of fused-ring (bicyclic) bond motifs is 1. The molecule has 0 saturated carbocycles. The van der Waals surface area contributed by atoms with Crippen LogP contribution in [-0.2, 0) is 35.2 Å². The van der Waals surface area contributed by atoms with Gasteiger partial charge in [0.2, 0.25) is 29.5 Å². The maximum atomic E-state index is 14.3. The summed E-state index contributed by atoms with van der Waals surface area (Å²) in [6.45, 7) is -0.637. The van der Waals surface area contributed by atoms with E-state index in [9.17, 15) is 49.2 Å². The average molecular weight is 781 g/mol. The maximum Gasteiger partial charge on any atom is 0.305 e. The predicted molar refractivity (Wildman–Crippen MR) is 202 cm³/mol. The van der Waals surface area contributed by atoms with Crippen LogP contribution >= 0.6 is 11.8 Å². The number of nitrogens with zero attached hydrogens (tertiary/aromatic N) is 1. The number of nitrogens with two attached hydrogens (primary N) is 2. The zero-order valence-electron chi connectivity index (χ0n) is 29.5. The van der Waals surface area contributed by atoms with E-state index in [4.69, 9.17) is 11.5 Å². The summed E-state index contributed by atoms with van der Waals surface area (Å²) in [6, 6.07) is 12.8. The highest BCUT2D eigenvalue weighted by molar-refractivity contribution is 8.00. The van der Waals surface area contributed by atoms with E-state index in [0.29, 0.717) is 11.1 Å². The number of amides is 5. The van der Waals surface area contributed by atoms with Crippen LogP contribution in [0, 0.1) is 0 Å². The number of carbonyl (C=O) groups is 6. The van der Waals surface area contributed by atoms with E-state index >= 15 is 0 Å². The fraction of sp³-hybridized carbons (Fsp3) is 0.361. The minimum Gasteiger partial charge on any atom is -0.508 e. The number of carbonyl (C=O) groups excluding carboxylic acids is 5. The topological polar surface area (TPSA) is 308 Å². The Morgan fingerprint density at radius 2 is 1.49 bits per heavy atom. The molecule has 19 heteroatoms. The molecule has 18 nitrogen and oxygen atoms in total. The molecule has 1 fully saturated rings. The lowest BCUT2D eigenvalue weighted by atomic mass is 10.0. The van der Waals surface area contributed by atoms with Crippen LogP contribution in [0.3, 0.4) is 0 Å². The largest absolute Gasteiger partial charge is 0.508 e. The second-order valence-corrected chi connectivity index (χ2v) is 13.9. The zero-order valence-corrected chi connectivity index (χ0v) is 30.3. The van der Waals surface area contributed by atoms with Gasteiger partial charge in [0.05, 0.1) is 19.0 Å². The quantitative estimate of drug-likeness (QED) is 0.0482. The molecule has 3 aromatic carbocycles. The van der Waals surface area contributed by atoms with Crippen LogP contribution in [0.2, 0.25) is 0 Å². The van der Waals surface area contributed by atoms with Crippen molar-refractivity contribution < 1.29 is 49.2 Å². The Labute approximate surface area is 319 Å². The lowest BCUT2D eigenvalue weighted by Crippen LogP contribution is -2.57. The number of aliphatic imine (C=N–C) groups is 1. The second-order valence-electron chi connectivity index (χ2n) is 12.7. The molecule has 0 aromatic heterocycles. The van der Waals surface area contributed by atoms with Crippen LogP contribution in [0.15, 0.2) is 71.7 Å². The smallest absolute Gasteiger partial charge is 0.305 e. The van der Waals surface area contributed by atoms with Crippen molar-refractivity contribution in [1.29, 1.82) is 0 Å². The van der Waals surface area contributed by atoms with E-state index in [-0.39, 0.29) is 43.3 Å². The van der Waals surface area contributed by atoms with Crippen LogP contribution in [0.25, 0.3) is 10.8 Å². The standard InChI is InChI=1S/C36H44N8O10S/c37-36(38)39-13-3-6-24-31(49)40-17-28(46)41-26(16-29(47)48)33(51)44-27(35(53)54)18-55-30(22-10-9-20-4-1-2-5-21(20)15-22)34(52)43-25(32(50)42-24)14-19-7-11-23(45)12-8-19/h1-2,4-5,7-12,15,24-27,30,35,45,53-54H,3,6,13-14,16-18H2,(H,40,49)(H,41,46)(H,42,50)(H,43,52)(H,44,51)(H,47,48)(H4,37,38,39). The van der Waals surface area contributed by atoms with Crippen LogP contribution < -0.4 is 38.1 Å². The number of rotatable bonds is 10. The highest BCUT2D eigenvalue weighted by atomic mass is 32.2. The molecule has 1 saturated heterocycles. The summed E-state index contributed by atoms with van der Waals surface area (Å²) in [7, 11) is 0. The summed E-state index contributed by atoms with van der Waals surface area (Å²) in [6.07, 6.45) is -2.96. The Morgan fingerprint density at radius 1 is 0.818 bits per heavy atom. The van der Waals surface area contributed by atoms with E-state index in [2.05, 4.69) is 31.6 Å². The van der Waals surface area contributed by atoms with Gasteiger partial charge in [-0.15, -0.1) is 11.8 Å². The number of phenolic OH excluding ortho intramolecular Hbond substituents is 1. The zero-order chi connectivity index (χ0) is 40.1. The number of phenols is 1. The Morgan fingerprint density at radius 3 is 2.16 bits per heavy atom. The summed E-state index contributed by atoms with van der Waals surface area (Å²) in [5.41, 5.74) is 11.8. The first-order chi connectivity index (χ1) is 26.2. The normalized spacial score (nSPS) is 21.9. The van der Waals surface area contributed by atoms with Crippen molar-refractivity contribution in [3.05, 3.63) is 77.9 Å². The molecule has 0 radical (unpaired) electrons. The molecule has 5 amide bonds. The number of benzene rings is 3. The van der Waals surface area contributed by atoms with Crippen molar-refractivity contribution in [2.24, 2.45) is 16.5 Å². The molecular formula is C36H44N8O10S. The van der Waals surface area contributed by atoms with Gasteiger partial charge in [-0.05, 0) is 52.9 Å². The van der Waals surface area contributed by atoms with Crippen LogP contribution in [0.1, 0.15) is 35.6 Å². The lowest BCUT2D eigenvalue weighted by molar-refractivity contribution is -0.141. The third kappa shape index (κ3) is 12.9. The summed E-state index contributed by atoms with van der Waals surface area (Å²) < 4.78 is 0. The maximum absolute atomic E-state index is 14.3.